The normalized spacial score (nSPS) is 34.4. The number of amides is 2. The lowest BCUT2D eigenvalue weighted by molar-refractivity contribution is -0.148. The second-order valence-electron chi connectivity index (χ2n) is 8.21. The molecule has 0 radical (unpaired) electrons. The fourth-order valence-corrected chi connectivity index (χ4v) is 4.31. The van der Waals surface area contributed by atoms with Gasteiger partial charge in [-0.2, -0.15) is 0 Å². The molecule has 4 aliphatic rings. The van der Waals surface area contributed by atoms with Crippen molar-refractivity contribution < 1.29 is 19.4 Å². The zero-order valence-electron chi connectivity index (χ0n) is 14.2. The van der Waals surface area contributed by atoms with Crippen molar-refractivity contribution in [2.24, 2.45) is 17.8 Å². The highest BCUT2D eigenvalue weighted by Crippen LogP contribution is 2.38. The Balaban J connectivity index is 1.40. The molecule has 2 heterocycles. The first kappa shape index (κ1) is 16.3. The summed E-state index contributed by atoms with van der Waals surface area (Å²) < 4.78 is 5.79. The largest absolute Gasteiger partial charge is 0.389 e. The molecule has 6 nitrogen and oxygen atoms in total. The van der Waals surface area contributed by atoms with Gasteiger partial charge in [0.2, 0.25) is 11.8 Å². The zero-order valence-corrected chi connectivity index (χ0v) is 14.2. The monoisotopic (exact) mass is 336 g/mol. The summed E-state index contributed by atoms with van der Waals surface area (Å²) in [5.41, 5.74) is -0.811. The molecule has 0 spiro atoms. The number of ether oxygens (including phenoxy) is 1. The average molecular weight is 336 g/mol. The standard InChI is InChI=1S/C18H28N2O4/c21-16(8-18(23)5-1-6-18)20-10-14(13-4-7-24-15(13)11-20)17(22)19-9-12-2-3-12/h12-15,23H,1-11H2,(H,19,22)/t13-,14+,15+/m0/s1. The predicted octanol–water partition coefficient (Wildman–Crippen LogP) is 0.681. The van der Waals surface area contributed by atoms with E-state index >= 15 is 0 Å². The van der Waals surface area contributed by atoms with E-state index in [4.69, 9.17) is 4.74 Å². The summed E-state index contributed by atoms with van der Waals surface area (Å²) >= 11 is 0. The molecule has 0 aromatic rings. The molecule has 2 saturated carbocycles. The van der Waals surface area contributed by atoms with Gasteiger partial charge in [0.25, 0.3) is 0 Å². The van der Waals surface area contributed by atoms with E-state index in [9.17, 15) is 14.7 Å². The number of fused-ring (bicyclic) bond motifs is 1. The number of piperidine rings is 1. The molecule has 6 heteroatoms. The minimum Gasteiger partial charge on any atom is -0.389 e. The van der Waals surface area contributed by atoms with Gasteiger partial charge in [0.15, 0.2) is 0 Å². The third-order valence-electron chi connectivity index (χ3n) is 6.31. The fourth-order valence-electron chi connectivity index (χ4n) is 4.31. The molecule has 0 bridgehead atoms. The number of nitrogens with zero attached hydrogens (tertiary/aromatic N) is 1. The Kier molecular flexibility index (Phi) is 4.29. The van der Waals surface area contributed by atoms with Crippen LogP contribution in [0.1, 0.15) is 44.9 Å². The number of likely N-dealkylation sites (tertiary alicyclic amines) is 1. The molecule has 4 rings (SSSR count). The van der Waals surface area contributed by atoms with Gasteiger partial charge in [-0.25, -0.2) is 0 Å². The van der Waals surface area contributed by atoms with Crippen LogP contribution in [0.5, 0.6) is 0 Å². The van der Waals surface area contributed by atoms with Gasteiger partial charge in [0.1, 0.15) is 0 Å². The molecule has 4 fully saturated rings. The molecule has 134 valence electrons. The highest BCUT2D eigenvalue weighted by molar-refractivity contribution is 5.82. The maximum absolute atomic E-state index is 12.6. The third kappa shape index (κ3) is 3.31. The molecule has 0 unspecified atom stereocenters. The van der Waals surface area contributed by atoms with Gasteiger partial charge in [-0.3, -0.25) is 9.59 Å². The van der Waals surface area contributed by atoms with Crippen molar-refractivity contribution in [3.05, 3.63) is 0 Å². The van der Waals surface area contributed by atoms with Crippen LogP contribution in [0.15, 0.2) is 0 Å². The van der Waals surface area contributed by atoms with Gasteiger partial charge in [-0.05, 0) is 44.4 Å². The van der Waals surface area contributed by atoms with E-state index in [2.05, 4.69) is 5.32 Å². The Labute approximate surface area is 142 Å². The minimum atomic E-state index is -0.811. The summed E-state index contributed by atoms with van der Waals surface area (Å²) in [4.78, 5) is 27.0. The van der Waals surface area contributed by atoms with E-state index in [-0.39, 0.29) is 36.2 Å². The maximum Gasteiger partial charge on any atom is 0.225 e. The number of carbonyl (C=O) groups is 2. The van der Waals surface area contributed by atoms with Crippen LogP contribution >= 0.6 is 0 Å². The zero-order chi connectivity index (χ0) is 16.7. The number of rotatable bonds is 5. The van der Waals surface area contributed by atoms with Crippen molar-refractivity contribution in [1.29, 1.82) is 0 Å². The first-order valence-electron chi connectivity index (χ1n) is 9.43. The summed E-state index contributed by atoms with van der Waals surface area (Å²) in [6, 6.07) is 0. The number of carbonyl (C=O) groups excluding carboxylic acids is 2. The van der Waals surface area contributed by atoms with Crippen LogP contribution < -0.4 is 5.32 Å². The van der Waals surface area contributed by atoms with E-state index in [0.29, 0.717) is 38.5 Å². The fraction of sp³-hybridized carbons (Fsp3) is 0.889. The van der Waals surface area contributed by atoms with Gasteiger partial charge in [0, 0.05) is 32.2 Å². The topological polar surface area (TPSA) is 78.9 Å². The lowest BCUT2D eigenvalue weighted by atomic mass is 9.77. The molecule has 2 N–H and O–H groups in total. The third-order valence-corrected chi connectivity index (χ3v) is 6.31. The number of nitrogens with one attached hydrogen (secondary N) is 1. The Morgan fingerprint density at radius 2 is 2.00 bits per heavy atom. The molecular weight excluding hydrogens is 308 g/mol. The summed E-state index contributed by atoms with van der Waals surface area (Å²) in [6.45, 7) is 2.47. The smallest absolute Gasteiger partial charge is 0.225 e. The van der Waals surface area contributed by atoms with Crippen LogP contribution in [0.3, 0.4) is 0 Å². The molecule has 2 amide bonds. The summed E-state index contributed by atoms with van der Waals surface area (Å²) in [5, 5.41) is 13.3. The number of hydrogen-bond acceptors (Lipinski definition) is 4. The van der Waals surface area contributed by atoms with Crippen LogP contribution in [-0.2, 0) is 14.3 Å². The van der Waals surface area contributed by atoms with Crippen LogP contribution in [0.25, 0.3) is 0 Å². The van der Waals surface area contributed by atoms with Crippen molar-refractivity contribution >= 4 is 11.8 Å². The van der Waals surface area contributed by atoms with E-state index in [0.717, 1.165) is 19.4 Å². The van der Waals surface area contributed by atoms with Gasteiger partial charge >= 0.3 is 0 Å². The minimum absolute atomic E-state index is 0.0320. The molecule has 24 heavy (non-hydrogen) atoms. The first-order valence-corrected chi connectivity index (χ1v) is 9.43. The van der Waals surface area contributed by atoms with E-state index in [1.807, 2.05) is 0 Å². The Bertz CT molecular complexity index is 515. The first-order chi connectivity index (χ1) is 11.5. The lowest BCUT2D eigenvalue weighted by Gasteiger charge is -2.42. The number of hydrogen-bond donors (Lipinski definition) is 2. The van der Waals surface area contributed by atoms with Crippen molar-refractivity contribution in [2.45, 2.75) is 56.7 Å². The second kappa shape index (κ2) is 6.30. The van der Waals surface area contributed by atoms with Crippen LogP contribution in [0.4, 0.5) is 0 Å². The molecule has 2 aliphatic heterocycles. The van der Waals surface area contributed by atoms with Crippen molar-refractivity contribution in [2.75, 3.05) is 26.2 Å². The van der Waals surface area contributed by atoms with E-state index in [1.54, 1.807) is 4.90 Å². The lowest BCUT2D eigenvalue weighted by Crippen LogP contribution is -2.55. The van der Waals surface area contributed by atoms with Gasteiger partial charge in [0.05, 0.1) is 24.0 Å². The maximum atomic E-state index is 12.6. The Morgan fingerprint density at radius 3 is 2.67 bits per heavy atom. The molecular formula is C18H28N2O4. The van der Waals surface area contributed by atoms with Crippen LogP contribution in [-0.4, -0.2) is 59.8 Å². The van der Waals surface area contributed by atoms with E-state index < -0.39 is 5.60 Å². The van der Waals surface area contributed by atoms with Crippen LogP contribution in [0, 0.1) is 17.8 Å². The molecule has 2 aliphatic carbocycles. The van der Waals surface area contributed by atoms with E-state index in [1.165, 1.54) is 12.8 Å². The Hall–Kier alpha value is -1.14. The number of aliphatic hydroxyl groups is 1. The quantitative estimate of drug-likeness (QED) is 0.774. The Morgan fingerprint density at radius 1 is 1.21 bits per heavy atom. The second-order valence-corrected chi connectivity index (χ2v) is 8.21. The molecule has 2 saturated heterocycles. The summed E-state index contributed by atoms with van der Waals surface area (Å²) in [7, 11) is 0. The van der Waals surface area contributed by atoms with Crippen LogP contribution in [0.2, 0.25) is 0 Å². The van der Waals surface area contributed by atoms with Gasteiger partial charge in [-0.1, -0.05) is 0 Å². The SMILES string of the molecule is O=C(NCC1CC1)[C@@H]1CN(C(=O)CC2(O)CCC2)C[C@H]2OCC[C@H]21. The van der Waals surface area contributed by atoms with Gasteiger partial charge < -0.3 is 20.1 Å². The van der Waals surface area contributed by atoms with Crippen molar-refractivity contribution in [3.8, 4) is 0 Å². The molecule has 0 aromatic heterocycles. The summed E-state index contributed by atoms with van der Waals surface area (Å²) in [6.07, 6.45) is 5.88. The average Bonchev–Trinajstić information content (AvgIpc) is 3.25. The van der Waals surface area contributed by atoms with Gasteiger partial charge in [-0.15, -0.1) is 0 Å². The van der Waals surface area contributed by atoms with Crippen molar-refractivity contribution in [1.82, 2.24) is 10.2 Å². The molecule has 3 atom stereocenters. The highest BCUT2D eigenvalue weighted by Gasteiger charge is 2.46. The predicted molar refractivity (Wildman–Crippen MR) is 87.1 cm³/mol. The van der Waals surface area contributed by atoms with Crippen molar-refractivity contribution in [3.63, 3.8) is 0 Å². The highest BCUT2D eigenvalue weighted by atomic mass is 16.5. The summed E-state index contributed by atoms with van der Waals surface area (Å²) in [5.74, 6) is 0.734. The molecule has 0 aromatic carbocycles.